The molecule has 0 aliphatic rings. The summed E-state index contributed by atoms with van der Waals surface area (Å²) in [4.78, 5) is 1.15. The molecule has 1 aromatic heterocycles. The summed E-state index contributed by atoms with van der Waals surface area (Å²) in [5.41, 5.74) is 1.66. The van der Waals surface area contributed by atoms with Crippen molar-refractivity contribution in [3.63, 3.8) is 0 Å². The number of nitriles is 1. The van der Waals surface area contributed by atoms with Crippen LogP contribution in [-0.2, 0) is 6.61 Å². The SMILES string of the molecule is Cc1ccc(C#N)cc1OCc1cc(Br)cs1. The van der Waals surface area contributed by atoms with Gasteiger partial charge in [-0.3, -0.25) is 0 Å². The number of thiophene rings is 1. The molecule has 0 N–H and O–H groups in total. The smallest absolute Gasteiger partial charge is 0.124 e. The molecule has 2 nitrogen and oxygen atoms in total. The molecular formula is C13H10BrNOS. The monoisotopic (exact) mass is 307 g/mol. The van der Waals surface area contributed by atoms with E-state index in [0.29, 0.717) is 12.2 Å². The third-order valence-corrected chi connectivity index (χ3v) is 3.98. The highest BCUT2D eigenvalue weighted by Gasteiger charge is 2.03. The van der Waals surface area contributed by atoms with Gasteiger partial charge < -0.3 is 4.74 Å². The Bertz CT molecular complexity index is 571. The number of rotatable bonds is 3. The van der Waals surface area contributed by atoms with Gasteiger partial charge in [0.2, 0.25) is 0 Å². The van der Waals surface area contributed by atoms with Crippen LogP contribution < -0.4 is 4.74 Å². The lowest BCUT2D eigenvalue weighted by Crippen LogP contribution is -1.95. The van der Waals surface area contributed by atoms with Crippen molar-refractivity contribution in [1.82, 2.24) is 0 Å². The molecular weight excluding hydrogens is 298 g/mol. The number of halogens is 1. The molecule has 0 saturated heterocycles. The molecule has 0 amide bonds. The molecule has 0 bridgehead atoms. The maximum absolute atomic E-state index is 8.83. The Hall–Kier alpha value is -1.31. The van der Waals surface area contributed by atoms with Gasteiger partial charge in [-0.15, -0.1) is 11.3 Å². The summed E-state index contributed by atoms with van der Waals surface area (Å²) in [5, 5.41) is 10.9. The largest absolute Gasteiger partial charge is 0.488 e. The van der Waals surface area contributed by atoms with Crippen molar-refractivity contribution in [3.8, 4) is 11.8 Å². The van der Waals surface area contributed by atoms with Crippen molar-refractivity contribution in [2.24, 2.45) is 0 Å². The van der Waals surface area contributed by atoms with E-state index >= 15 is 0 Å². The van der Waals surface area contributed by atoms with Crippen LogP contribution in [0.1, 0.15) is 16.0 Å². The highest BCUT2D eigenvalue weighted by atomic mass is 79.9. The van der Waals surface area contributed by atoms with E-state index < -0.39 is 0 Å². The van der Waals surface area contributed by atoms with Crippen molar-refractivity contribution in [2.45, 2.75) is 13.5 Å². The normalized spacial score (nSPS) is 9.94. The van der Waals surface area contributed by atoms with Crippen molar-refractivity contribution < 1.29 is 4.74 Å². The fourth-order valence-corrected chi connectivity index (χ4v) is 2.77. The van der Waals surface area contributed by atoms with Crippen molar-refractivity contribution >= 4 is 27.3 Å². The Morgan fingerprint density at radius 2 is 2.24 bits per heavy atom. The maximum Gasteiger partial charge on any atom is 0.124 e. The quantitative estimate of drug-likeness (QED) is 0.848. The highest BCUT2D eigenvalue weighted by Crippen LogP contribution is 2.24. The number of nitrogens with zero attached hydrogens (tertiary/aromatic N) is 1. The molecule has 2 rings (SSSR count). The van der Waals surface area contributed by atoms with E-state index in [9.17, 15) is 0 Å². The second-order valence-corrected chi connectivity index (χ2v) is 5.52. The van der Waals surface area contributed by atoms with E-state index in [1.807, 2.05) is 24.4 Å². The van der Waals surface area contributed by atoms with Gasteiger partial charge in [0.05, 0.1) is 11.6 Å². The molecule has 86 valence electrons. The van der Waals surface area contributed by atoms with E-state index in [2.05, 4.69) is 22.0 Å². The molecule has 17 heavy (non-hydrogen) atoms. The summed E-state index contributed by atoms with van der Waals surface area (Å²) in [6.07, 6.45) is 0. The third-order valence-electron chi connectivity index (χ3n) is 2.31. The highest BCUT2D eigenvalue weighted by molar-refractivity contribution is 9.10. The molecule has 0 radical (unpaired) electrons. The van der Waals surface area contributed by atoms with Crippen LogP contribution in [0.2, 0.25) is 0 Å². The van der Waals surface area contributed by atoms with Gasteiger partial charge in [-0.2, -0.15) is 5.26 Å². The lowest BCUT2D eigenvalue weighted by atomic mass is 10.1. The summed E-state index contributed by atoms with van der Waals surface area (Å²) in [5.74, 6) is 0.772. The zero-order valence-corrected chi connectivity index (χ0v) is 11.6. The summed E-state index contributed by atoms with van der Waals surface area (Å²) < 4.78 is 6.79. The fraction of sp³-hybridized carbons (Fsp3) is 0.154. The van der Waals surface area contributed by atoms with Gasteiger partial charge in [0.1, 0.15) is 12.4 Å². The van der Waals surface area contributed by atoms with E-state index in [-0.39, 0.29) is 0 Å². The van der Waals surface area contributed by atoms with Crippen molar-refractivity contribution in [1.29, 1.82) is 5.26 Å². The minimum atomic E-state index is 0.534. The average molecular weight is 308 g/mol. The zero-order valence-electron chi connectivity index (χ0n) is 9.24. The first-order valence-corrected chi connectivity index (χ1v) is 6.73. The summed E-state index contributed by atoms with van der Waals surface area (Å²) in [6, 6.07) is 9.62. The van der Waals surface area contributed by atoms with E-state index in [1.54, 1.807) is 23.5 Å². The Morgan fingerprint density at radius 1 is 1.41 bits per heavy atom. The van der Waals surface area contributed by atoms with E-state index in [0.717, 1.165) is 20.7 Å². The average Bonchev–Trinajstić information content (AvgIpc) is 2.74. The van der Waals surface area contributed by atoms with Gasteiger partial charge in [-0.1, -0.05) is 6.07 Å². The molecule has 1 aromatic carbocycles. The standard InChI is InChI=1S/C13H10BrNOS/c1-9-2-3-10(6-15)4-13(9)16-7-12-5-11(14)8-17-12/h2-5,8H,7H2,1H3. The molecule has 0 unspecified atom stereocenters. The first kappa shape index (κ1) is 12.2. The second-order valence-electron chi connectivity index (χ2n) is 3.61. The van der Waals surface area contributed by atoms with Gasteiger partial charge in [0.25, 0.3) is 0 Å². The molecule has 0 aliphatic carbocycles. The Labute approximate surface area is 113 Å². The summed E-state index contributed by atoms with van der Waals surface area (Å²) in [7, 11) is 0. The summed E-state index contributed by atoms with van der Waals surface area (Å²) in [6.45, 7) is 2.51. The molecule has 0 atom stereocenters. The van der Waals surface area contributed by atoms with E-state index in [1.165, 1.54) is 0 Å². The molecule has 0 aliphatic heterocycles. The lowest BCUT2D eigenvalue weighted by molar-refractivity contribution is 0.307. The van der Waals surface area contributed by atoms with Gasteiger partial charge >= 0.3 is 0 Å². The number of ether oxygens (including phenoxy) is 1. The van der Waals surface area contributed by atoms with Crippen LogP contribution in [-0.4, -0.2) is 0 Å². The van der Waals surface area contributed by atoms with Gasteiger partial charge in [-0.05, 0) is 46.6 Å². The predicted molar refractivity (Wildman–Crippen MR) is 72.2 cm³/mol. The molecule has 2 aromatic rings. The lowest BCUT2D eigenvalue weighted by Gasteiger charge is -2.07. The number of hydrogen-bond acceptors (Lipinski definition) is 3. The molecule has 1 heterocycles. The Kier molecular flexibility index (Phi) is 3.82. The van der Waals surface area contributed by atoms with E-state index in [4.69, 9.17) is 10.00 Å². The Balaban J connectivity index is 2.11. The van der Waals surface area contributed by atoms with Gasteiger partial charge in [0.15, 0.2) is 0 Å². The maximum atomic E-state index is 8.83. The van der Waals surface area contributed by atoms with Crippen LogP contribution in [0.15, 0.2) is 34.1 Å². The number of hydrogen-bond donors (Lipinski definition) is 0. The van der Waals surface area contributed by atoms with Gasteiger partial charge in [0, 0.05) is 14.7 Å². The first-order valence-electron chi connectivity index (χ1n) is 5.05. The second kappa shape index (κ2) is 5.35. The van der Waals surface area contributed by atoms with Crippen molar-refractivity contribution in [2.75, 3.05) is 0 Å². The fourth-order valence-electron chi connectivity index (χ4n) is 1.40. The third kappa shape index (κ3) is 3.09. The molecule has 0 spiro atoms. The topological polar surface area (TPSA) is 33.0 Å². The molecule has 0 saturated carbocycles. The minimum absolute atomic E-state index is 0.534. The zero-order chi connectivity index (χ0) is 12.3. The van der Waals surface area contributed by atoms with Crippen LogP contribution >= 0.6 is 27.3 Å². The van der Waals surface area contributed by atoms with Crippen LogP contribution in [0, 0.1) is 18.3 Å². The molecule has 4 heteroatoms. The number of aryl methyl sites for hydroxylation is 1. The molecule has 0 fully saturated rings. The van der Waals surface area contributed by atoms with Crippen molar-refractivity contribution in [3.05, 3.63) is 50.1 Å². The van der Waals surface area contributed by atoms with Gasteiger partial charge in [-0.25, -0.2) is 0 Å². The predicted octanol–water partition coefficient (Wildman–Crippen LogP) is 4.27. The first-order chi connectivity index (χ1) is 8.19. The van der Waals surface area contributed by atoms with Crippen LogP contribution in [0.4, 0.5) is 0 Å². The Morgan fingerprint density at radius 3 is 2.88 bits per heavy atom. The van der Waals surface area contributed by atoms with Crippen LogP contribution in [0.25, 0.3) is 0 Å². The van der Waals surface area contributed by atoms with Crippen LogP contribution in [0.5, 0.6) is 5.75 Å². The minimum Gasteiger partial charge on any atom is -0.488 e. The summed E-state index contributed by atoms with van der Waals surface area (Å²) >= 11 is 5.06. The van der Waals surface area contributed by atoms with Crippen LogP contribution in [0.3, 0.4) is 0 Å². The number of benzene rings is 1.